The second-order valence-corrected chi connectivity index (χ2v) is 7.23. The van der Waals surface area contributed by atoms with Crippen LogP contribution >= 0.6 is 15.9 Å². The van der Waals surface area contributed by atoms with E-state index in [2.05, 4.69) is 91.4 Å². The van der Waals surface area contributed by atoms with Crippen LogP contribution in [0.2, 0.25) is 0 Å². The Bertz CT molecular complexity index is 559. The molecule has 0 unspecified atom stereocenters. The Labute approximate surface area is 130 Å². The van der Waals surface area contributed by atoms with Gasteiger partial charge in [-0.2, -0.15) is 0 Å². The fraction of sp³-hybridized carbons (Fsp3) is 0.333. The van der Waals surface area contributed by atoms with Crippen molar-refractivity contribution in [3.8, 4) is 0 Å². The second kappa shape index (κ2) is 6.01. The summed E-state index contributed by atoms with van der Waals surface area (Å²) in [6, 6.07) is 15.2. The van der Waals surface area contributed by atoms with E-state index in [4.69, 9.17) is 0 Å². The zero-order valence-electron chi connectivity index (χ0n) is 12.6. The first-order valence-electron chi connectivity index (χ1n) is 6.95. The first-order valence-corrected chi connectivity index (χ1v) is 7.74. The summed E-state index contributed by atoms with van der Waals surface area (Å²) in [6.07, 6.45) is 0. The maximum absolute atomic E-state index is 3.53. The monoisotopic (exact) mass is 331 g/mol. The van der Waals surface area contributed by atoms with Gasteiger partial charge in [-0.3, -0.25) is 0 Å². The fourth-order valence-electron chi connectivity index (χ4n) is 2.17. The molecule has 0 bridgehead atoms. The van der Waals surface area contributed by atoms with Crippen molar-refractivity contribution in [3.05, 3.63) is 63.6 Å². The fourth-order valence-corrected chi connectivity index (χ4v) is 2.77. The molecule has 0 amide bonds. The summed E-state index contributed by atoms with van der Waals surface area (Å²) in [5, 5.41) is 3.47. The first kappa shape index (κ1) is 15.1. The number of nitrogens with one attached hydrogen (secondary N) is 1. The molecule has 1 nitrogen and oxygen atoms in total. The number of aryl methyl sites for hydroxylation is 1. The van der Waals surface area contributed by atoms with Crippen LogP contribution < -0.4 is 5.32 Å². The van der Waals surface area contributed by atoms with Crippen molar-refractivity contribution in [3.63, 3.8) is 0 Å². The number of anilines is 1. The number of halogens is 1. The second-order valence-electron chi connectivity index (χ2n) is 6.32. The van der Waals surface area contributed by atoms with Crippen LogP contribution in [0, 0.1) is 6.92 Å². The van der Waals surface area contributed by atoms with Gasteiger partial charge in [0, 0.05) is 16.7 Å². The first-order chi connectivity index (χ1) is 9.34. The van der Waals surface area contributed by atoms with E-state index in [9.17, 15) is 0 Å². The van der Waals surface area contributed by atoms with Crippen LogP contribution in [-0.4, -0.2) is 0 Å². The Balaban J connectivity index is 2.04. The lowest BCUT2D eigenvalue weighted by molar-refractivity contribution is 0.590. The van der Waals surface area contributed by atoms with E-state index in [-0.39, 0.29) is 5.41 Å². The Kier molecular flexibility index (Phi) is 4.54. The van der Waals surface area contributed by atoms with E-state index in [1.54, 1.807) is 0 Å². The summed E-state index contributed by atoms with van der Waals surface area (Å²) in [7, 11) is 0. The minimum atomic E-state index is 0.216. The van der Waals surface area contributed by atoms with Crippen LogP contribution in [0.1, 0.15) is 37.5 Å². The SMILES string of the molecule is Cc1cc(Br)cc(NCc2ccc(C(C)(C)C)cc2)c1. The summed E-state index contributed by atoms with van der Waals surface area (Å²) in [5.74, 6) is 0. The van der Waals surface area contributed by atoms with Crippen molar-refractivity contribution < 1.29 is 0 Å². The molecule has 1 N–H and O–H groups in total. The smallest absolute Gasteiger partial charge is 0.0400 e. The highest BCUT2D eigenvalue weighted by Crippen LogP contribution is 2.23. The normalized spacial score (nSPS) is 11.4. The third-order valence-corrected chi connectivity index (χ3v) is 3.82. The zero-order valence-corrected chi connectivity index (χ0v) is 14.2. The molecule has 0 aliphatic rings. The average Bonchev–Trinajstić information content (AvgIpc) is 2.35. The molecule has 0 heterocycles. The molecule has 0 aliphatic carbocycles. The molecule has 0 saturated carbocycles. The third kappa shape index (κ3) is 4.11. The quantitative estimate of drug-likeness (QED) is 0.764. The van der Waals surface area contributed by atoms with Crippen LogP contribution in [0.5, 0.6) is 0 Å². The lowest BCUT2D eigenvalue weighted by atomic mass is 9.87. The van der Waals surface area contributed by atoms with Crippen molar-refractivity contribution in [2.75, 3.05) is 5.32 Å². The summed E-state index contributed by atoms with van der Waals surface area (Å²) < 4.78 is 1.11. The number of hydrogen-bond acceptors (Lipinski definition) is 1. The van der Waals surface area contributed by atoms with Gasteiger partial charge in [0.1, 0.15) is 0 Å². The van der Waals surface area contributed by atoms with Crippen molar-refractivity contribution in [1.82, 2.24) is 0 Å². The molecule has 0 saturated heterocycles. The molecule has 2 aromatic carbocycles. The molecule has 20 heavy (non-hydrogen) atoms. The molecular weight excluding hydrogens is 310 g/mol. The van der Waals surface area contributed by atoms with Gasteiger partial charge in [-0.1, -0.05) is 61.0 Å². The summed E-state index contributed by atoms with van der Waals surface area (Å²) in [5.41, 5.74) is 5.30. The van der Waals surface area contributed by atoms with Crippen LogP contribution in [0.15, 0.2) is 46.9 Å². The predicted octanol–water partition coefficient (Wildman–Crippen LogP) is 5.67. The van der Waals surface area contributed by atoms with Crippen molar-refractivity contribution in [2.24, 2.45) is 0 Å². The summed E-state index contributed by atoms with van der Waals surface area (Å²) >= 11 is 3.53. The van der Waals surface area contributed by atoms with Crippen molar-refractivity contribution in [2.45, 2.75) is 39.7 Å². The molecule has 2 rings (SSSR count). The molecule has 0 aromatic heterocycles. The molecule has 0 fully saturated rings. The number of rotatable bonds is 3. The van der Waals surface area contributed by atoms with Crippen molar-refractivity contribution in [1.29, 1.82) is 0 Å². The van der Waals surface area contributed by atoms with Gasteiger partial charge in [-0.25, -0.2) is 0 Å². The highest BCUT2D eigenvalue weighted by Gasteiger charge is 2.12. The lowest BCUT2D eigenvalue weighted by Crippen LogP contribution is -2.11. The highest BCUT2D eigenvalue weighted by atomic mass is 79.9. The van der Waals surface area contributed by atoms with E-state index in [0.29, 0.717) is 0 Å². The van der Waals surface area contributed by atoms with Crippen LogP contribution in [0.4, 0.5) is 5.69 Å². The van der Waals surface area contributed by atoms with Crippen LogP contribution in [0.25, 0.3) is 0 Å². The Morgan fingerprint density at radius 1 is 1.00 bits per heavy atom. The average molecular weight is 332 g/mol. The maximum Gasteiger partial charge on any atom is 0.0400 e. The number of hydrogen-bond donors (Lipinski definition) is 1. The molecule has 2 heteroatoms. The van der Waals surface area contributed by atoms with Gasteiger partial charge in [-0.15, -0.1) is 0 Å². The van der Waals surface area contributed by atoms with E-state index in [1.807, 2.05) is 0 Å². The largest absolute Gasteiger partial charge is 0.381 e. The minimum Gasteiger partial charge on any atom is -0.381 e. The summed E-state index contributed by atoms with van der Waals surface area (Å²) in [4.78, 5) is 0. The molecule has 0 atom stereocenters. The molecule has 2 aromatic rings. The molecular formula is C18H22BrN. The third-order valence-electron chi connectivity index (χ3n) is 3.36. The standard InChI is InChI=1S/C18H22BrN/c1-13-9-16(19)11-17(10-13)20-12-14-5-7-15(8-6-14)18(2,3)4/h5-11,20H,12H2,1-4H3. The van der Waals surface area contributed by atoms with Gasteiger partial charge in [0.15, 0.2) is 0 Å². The van der Waals surface area contributed by atoms with E-state index in [1.165, 1.54) is 16.7 Å². The summed E-state index contributed by atoms with van der Waals surface area (Å²) in [6.45, 7) is 9.67. The van der Waals surface area contributed by atoms with Crippen LogP contribution in [-0.2, 0) is 12.0 Å². The van der Waals surface area contributed by atoms with E-state index < -0.39 is 0 Å². The topological polar surface area (TPSA) is 12.0 Å². The van der Waals surface area contributed by atoms with Gasteiger partial charge in [0.25, 0.3) is 0 Å². The van der Waals surface area contributed by atoms with Crippen LogP contribution in [0.3, 0.4) is 0 Å². The van der Waals surface area contributed by atoms with Gasteiger partial charge in [0.05, 0.1) is 0 Å². The minimum absolute atomic E-state index is 0.216. The molecule has 0 spiro atoms. The van der Waals surface area contributed by atoms with Gasteiger partial charge >= 0.3 is 0 Å². The van der Waals surface area contributed by atoms with E-state index >= 15 is 0 Å². The maximum atomic E-state index is 3.53. The molecule has 0 radical (unpaired) electrons. The Morgan fingerprint density at radius 3 is 2.20 bits per heavy atom. The van der Waals surface area contributed by atoms with Gasteiger partial charge in [0.2, 0.25) is 0 Å². The zero-order chi connectivity index (χ0) is 14.8. The molecule has 0 aliphatic heterocycles. The van der Waals surface area contributed by atoms with E-state index in [0.717, 1.165) is 16.7 Å². The predicted molar refractivity (Wildman–Crippen MR) is 91.3 cm³/mol. The lowest BCUT2D eigenvalue weighted by Gasteiger charge is -2.19. The van der Waals surface area contributed by atoms with Gasteiger partial charge in [-0.05, 0) is 47.2 Å². The Hall–Kier alpha value is -1.28. The van der Waals surface area contributed by atoms with Crippen molar-refractivity contribution >= 4 is 21.6 Å². The number of benzene rings is 2. The van der Waals surface area contributed by atoms with Gasteiger partial charge < -0.3 is 5.32 Å². The highest BCUT2D eigenvalue weighted by molar-refractivity contribution is 9.10. The molecule has 106 valence electrons. The Morgan fingerprint density at radius 2 is 1.65 bits per heavy atom.